The first-order valence-electron chi connectivity index (χ1n) is 8.89. The molecule has 5 rings (SSSR count). The summed E-state index contributed by atoms with van der Waals surface area (Å²) >= 11 is 1.52. The number of benzene rings is 1. The summed E-state index contributed by atoms with van der Waals surface area (Å²) in [5.41, 5.74) is 3.21. The second-order valence-electron chi connectivity index (χ2n) is 6.91. The standard InChI is InChI=1S/C20H17N5O2S/c1-25-8-5-20(27,19(25)26)13-4-2-3-12(9-13)15-11-28-18(24-15)14-10-23-17-16(14)21-6-7-22-17/h2-4,6-7,9-11,27H,5,8H2,1H3,(H,22,23)/t20-/m1/s1. The zero-order valence-electron chi connectivity index (χ0n) is 15.1. The zero-order chi connectivity index (χ0) is 19.3. The number of carbonyl (C=O) groups is 1. The Bertz CT molecular complexity index is 1200. The number of aromatic nitrogens is 4. The Morgan fingerprint density at radius 2 is 2.14 bits per heavy atom. The SMILES string of the molecule is CN1CC[C@@](O)(c2cccc(-c3csc(-c4c[nH]c5nccnc45)n3)c2)C1=O. The molecule has 4 aromatic rings. The van der Waals surface area contributed by atoms with Crippen LogP contribution in [-0.2, 0) is 10.4 Å². The van der Waals surface area contributed by atoms with Gasteiger partial charge in [0.25, 0.3) is 5.91 Å². The van der Waals surface area contributed by atoms with Gasteiger partial charge in [-0.2, -0.15) is 0 Å². The maximum Gasteiger partial charge on any atom is 0.258 e. The number of H-pyrrole nitrogens is 1. The molecule has 0 unspecified atom stereocenters. The highest BCUT2D eigenvalue weighted by atomic mass is 32.1. The molecule has 0 bridgehead atoms. The van der Waals surface area contributed by atoms with Gasteiger partial charge in [0.05, 0.1) is 11.3 Å². The first-order valence-corrected chi connectivity index (χ1v) is 9.77. The van der Waals surface area contributed by atoms with Crippen LogP contribution in [0.5, 0.6) is 0 Å². The molecule has 7 nitrogen and oxygen atoms in total. The molecular formula is C20H17N5O2S. The van der Waals surface area contributed by atoms with Crippen LogP contribution in [0.2, 0.25) is 0 Å². The van der Waals surface area contributed by atoms with Crippen molar-refractivity contribution in [3.05, 3.63) is 53.8 Å². The number of hydrogen-bond acceptors (Lipinski definition) is 6. The van der Waals surface area contributed by atoms with E-state index in [4.69, 9.17) is 4.98 Å². The van der Waals surface area contributed by atoms with E-state index >= 15 is 0 Å². The minimum atomic E-state index is -1.46. The molecule has 1 aliphatic heterocycles. The topological polar surface area (TPSA) is 95.0 Å². The van der Waals surface area contributed by atoms with Gasteiger partial charge >= 0.3 is 0 Å². The summed E-state index contributed by atoms with van der Waals surface area (Å²) in [7, 11) is 1.71. The van der Waals surface area contributed by atoms with Crippen molar-refractivity contribution in [1.82, 2.24) is 24.8 Å². The van der Waals surface area contributed by atoms with Crippen molar-refractivity contribution in [3.8, 4) is 21.8 Å². The minimum absolute atomic E-state index is 0.263. The van der Waals surface area contributed by atoms with Crippen LogP contribution in [0, 0.1) is 0 Å². The quantitative estimate of drug-likeness (QED) is 0.560. The van der Waals surface area contributed by atoms with Crippen LogP contribution in [0.25, 0.3) is 33.0 Å². The first-order chi connectivity index (χ1) is 13.6. The number of carbonyl (C=O) groups excluding carboxylic acids is 1. The van der Waals surface area contributed by atoms with E-state index in [1.807, 2.05) is 29.8 Å². The van der Waals surface area contributed by atoms with Gasteiger partial charge in [0, 0.05) is 49.5 Å². The minimum Gasteiger partial charge on any atom is -0.375 e. The molecule has 0 saturated carbocycles. The zero-order valence-corrected chi connectivity index (χ0v) is 15.9. The Morgan fingerprint density at radius 3 is 2.96 bits per heavy atom. The Kier molecular flexibility index (Phi) is 3.78. The molecule has 1 fully saturated rings. The van der Waals surface area contributed by atoms with Crippen LogP contribution in [0.3, 0.4) is 0 Å². The van der Waals surface area contributed by atoms with Gasteiger partial charge in [-0.1, -0.05) is 18.2 Å². The first kappa shape index (κ1) is 17.0. The summed E-state index contributed by atoms with van der Waals surface area (Å²) in [6.07, 6.45) is 5.56. The van der Waals surface area contributed by atoms with Gasteiger partial charge in [-0.15, -0.1) is 11.3 Å². The molecule has 2 N–H and O–H groups in total. The Morgan fingerprint density at radius 1 is 1.29 bits per heavy atom. The van der Waals surface area contributed by atoms with Crippen molar-refractivity contribution in [2.24, 2.45) is 0 Å². The summed E-state index contributed by atoms with van der Waals surface area (Å²) in [6, 6.07) is 7.43. The third-order valence-electron chi connectivity index (χ3n) is 5.19. The number of rotatable bonds is 3. The predicted octanol–water partition coefficient (Wildman–Crippen LogP) is 2.80. The number of nitrogens with zero attached hydrogens (tertiary/aromatic N) is 4. The fourth-order valence-corrected chi connectivity index (χ4v) is 4.45. The number of hydrogen-bond donors (Lipinski definition) is 2. The molecular weight excluding hydrogens is 374 g/mol. The molecule has 4 heterocycles. The lowest BCUT2D eigenvalue weighted by atomic mass is 9.90. The van der Waals surface area contributed by atoms with E-state index in [0.717, 1.165) is 33.0 Å². The number of amides is 1. The molecule has 0 aliphatic carbocycles. The van der Waals surface area contributed by atoms with Crippen LogP contribution in [0.15, 0.2) is 48.2 Å². The number of likely N-dealkylation sites (N-methyl/N-ethyl adjacent to an activating group) is 1. The van der Waals surface area contributed by atoms with Crippen molar-refractivity contribution in [3.63, 3.8) is 0 Å². The number of aliphatic hydroxyl groups is 1. The normalized spacial score (nSPS) is 19.6. The molecule has 1 atom stereocenters. The lowest BCUT2D eigenvalue weighted by molar-refractivity contribution is -0.143. The third-order valence-corrected chi connectivity index (χ3v) is 6.06. The predicted molar refractivity (Wildman–Crippen MR) is 107 cm³/mol. The highest BCUT2D eigenvalue weighted by Gasteiger charge is 2.45. The maximum absolute atomic E-state index is 12.4. The fourth-order valence-electron chi connectivity index (χ4n) is 3.60. The average molecular weight is 391 g/mol. The van der Waals surface area contributed by atoms with E-state index in [9.17, 15) is 9.90 Å². The van der Waals surface area contributed by atoms with Gasteiger partial charge in [0.15, 0.2) is 11.2 Å². The van der Waals surface area contributed by atoms with E-state index in [1.54, 1.807) is 30.4 Å². The lowest BCUT2D eigenvalue weighted by Gasteiger charge is -2.21. The summed E-state index contributed by atoms with van der Waals surface area (Å²) < 4.78 is 0. The summed E-state index contributed by atoms with van der Waals surface area (Å²) in [5.74, 6) is -0.263. The average Bonchev–Trinajstić information content (AvgIpc) is 3.43. The number of thiazole rings is 1. The molecule has 8 heteroatoms. The molecule has 0 spiro atoms. The smallest absolute Gasteiger partial charge is 0.258 e. The summed E-state index contributed by atoms with van der Waals surface area (Å²) in [5, 5.41) is 13.7. The largest absolute Gasteiger partial charge is 0.375 e. The Balaban J connectivity index is 1.52. The highest BCUT2D eigenvalue weighted by Crippen LogP contribution is 2.36. The lowest BCUT2D eigenvalue weighted by Crippen LogP contribution is -2.36. The van der Waals surface area contributed by atoms with Gasteiger partial charge in [0.2, 0.25) is 0 Å². The van der Waals surface area contributed by atoms with Crippen molar-refractivity contribution < 1.29 is 9.90 Å². The van der Waals surface area contributed by atoms with Crippen molar-refractivity contribution in [1.29, 1.82) is 0 Å². The molecule has 1 aliphatic rings. The van der Waals surface area contributed by atoms with Crippen LogP contribution in [0.4, 0.5) is 0 Å². The molecule has 0 radical (unpaired) electrons. The van der Waals surface area contributed by atoms with Crippen LogP contribution < -0.4 is 0 Å². The Hall–Kier alpha value is -3.10. The second kappa shape index (κ2) is 6.22. The highest BCUT2D eigenvalue weighted by molar-refractivity contribution is 7.13. The van der Waals surface area contributed by atoms with E-state index in [-0.39, 0.29) is 5.91 Å². The molecule has 1 amide bonds. The van der Waals surface area contributed by atoms with Crippen molar-refractivity contribution >= 4 is 28.4 Å². The molecule has 140 valence electrons. The monoisotopic (exact) mass is 391 g/mol. The van der Waals surface area contributed by atoms with E-state index in [0.29, 0.717) is 18.5 Å². The van der Waals surface area contributed by atoms with Gasteiger partial charge in [0.1, 0.15) is 10.5 Å². The number of aromatic amines is 1. The molecule has 28 heavy (non-hydrogen) atoms. The van der Waals surface area contributed by atoms with E-state index in [1.165, 1.54) is 11.3 Å². The van der Waals surface area contributed by atoms with E-state index < -0.39 is 5.60 Å². The number of nitrogens with one attached hydrogen (secondary N) is 1. The van der Waals surface area contributed by atoms with Crippen LogP contribution in [-0.4, -0.2) is 49.4 Å². The van der Waals surface area contributed by atoms with Crippen LogP contribution >= 0.6 is 11.3 Å². The maximum atomic E-state index is 12.4. The van der Waals surface area contributed by atoms with Gasteiger partial charge in [-0.3, -0.25) is 9.78 Å². The number of likely N-dealkylation sites (tertiary alicyclic amines) is 1. The second-order valence-corrected chi connectivity index (χ2v) is 7.77. The van der Waals surface area contributed by atoms with Crippen molar-refractivity contribution in [2.45, 2.75) is 12.0 Å². The van der Waals surface area contributed by atoms with Crippen LogP contribution in [0.1, 0.15) is 12.0 Å². The fraction of sp³-hybridized carbons (Fsp3) is 0.200. The van der Waals surface area contributed by atoms with Crippen molar-refractivity contribution in [2.75, 3.05) is 13.6 Å². The molecule has 3 aromatic heterocycles. The van der Waals surface area contributed by atoms with Gasteiger partial charge in [-0.05, 0) is 11.6 Å². The molecule has 1 saturated heterocycles. The van der Waals surface area contributed by atoms with E-state index in [2.05, 4.69) is 15.0 Å². The van der Waals surface area contributed by atoms with Gasteiger partial charge in [-0.25, -0.2) is 9.97 Å². The summed E-state index contributed by atoms with van der Waals surface area (Å²) in [6.45, 7) is 0.544. The van der Waals surface area contributed by atoms with Gasteiger partial charge < -0.3 is 15.0 Å². The molecule has 1 aromatic carbocycles. The summed E-state index contributed by atoms with van der Waals surface area (Å²) in [4.78, 5) is 30.5. The third kappa shape index (κ3) is 2.53. The Labute approximate surface area is 164 Å². The number of fused-ring (bicyclic) bond motifs is 1.